The van der Waals surface area contributed by atoms with Crippen LogP contribution in [0.2, 0.25) is 0 Å². The van der Waals surface area contributed by atoms with E-state index in [1.165, 1.54) is 12.1 Å². The molecule has 0 saturated carbocycles. The summed E-state index contributed by atoms with van der Waals surface area (Å²) in [6, 6.07) is 8.05. The number of pyridine rings is 1. The summed E-state index contributed by atoms with van der Waals surface area (Å²) in [5, 5.41) is 0. The lowest BCUT2D eigenvalue weighted by Gasteiger charge is -2.14. The SMILES string of the molecule is CC(N)c1cc(F)ccc1OCCc1cccnc1. The van der Waals surface area contributed by atoms with E-state index in [9.17, 15) is 4.39 Å². The molecular formula is C15H17FN2O. The van der Waals surface area contributed by atoms with E-state index >= 15 is 0 Å². The van der Waals surface area contributed by atoms with Gasteiger partial charge in [-0.3, -0.25) is 4.98 Å². The molecule has 0 saturated heterocycles. The van der Waals surface area contributed by atoms with Gasteiger partial charge in [0.25, 0.3) is 0 Å². The van der Waals surface area contributed by atoms with Crippen LogP contribution >= 0.6 is 0 Å². The minimum Gasteiger partial charge on any atom is -0.493 e. The monoisotopic (exact) mass is 260 g/mol. The van der Waals surface area contributed by atoms with Crippen LogP contribution in [0.15, 0.2) is 42.7 Å². The minimum absolute atomic E-state index is 0.260. The van der Waals surface area contributed by atoms with Gasteiger partial charge in [-0.15, -0.1) is 0 Å². The number of halogens is 1. The highest BCUT2D eigenvalue weighted by Gasteiger charge is 2.09. The van der Waals surface area contributed by atoms with Crippen LogP contribution in [-0.2, 0) is 6.42 Å². The second kappa shape index (κ2) is 6.29. The fraction of sp³-hybridized carbons (Fsp3) is 0.267. The summed E-state index contributed by atoms with van der Waals surface area (Å²) in [5.41, 5.74) is 7.60. The van der Waals surface area contributed by atoms with Crippen molar-refractivity contribution in [2.75, 3.05) is 6.61 Å². The summed E-state index contributed by atoms with van der Waals surface area (Å²) in [4.78, 5) is 4.04. The van der Waals surface area contributed by atoms with Gasteiger partial charge in [0.05, 0.1) is 6.61 Å². The van der Waals surface area contributed by atoms with Crippen molar-refractivity contribution in [1.82, 2.24) is 4.98 Å². The van der Waals surface area contributed by atoms with Crippen LogP contribution in [0.1, 0.15) is 24.1 Å². The Morgan fingerprint density at radius 2 is 2.21 bits per heavy atom. The van der Waals surface area contributed by atoms with Crippen molar-refractivity contribution in [1.29, 1.82) is 0 Å². The predicted molar refractivity (Wildman–Crippen MR) is 72.4 cm³/mol. The second-order valence-corrected chi connectivity index (χ2v) is 4.43. The molecule has 1 unspecified atom stereocenters. The number of hydrogen-bond donors (Lipinski definition) is 1. The van der Waals surface area contributed by atoms with E-state index < -0.39 is 0 Å². The fourth-order valence-corrected chi connectivity index (χ4v) is 1.83. The molecule has 0 fully saturated rings. The maximum absolute atomic E-state index is 13.2. The van der Waals surface area contributed by atoms with Gasteiger partial charge in [-0.1, -0.05) is 6.07 Å². The van der Waals surface area contributed by atoms with Gasteiger partial charge in [0.15, 0.2) is 0 Å². The molecular weight excluding hydrogens is 243 g/mol. The van der Waals surface area contributed by atoms with E-state index in [0.29, 0.717) is 17.9 Å². The van der Waals surface area contributed by atoms with Gasteiger partial charge >= 0.3 is 0 Å². The summed E-state index contributed by atoms with van der Waals surface area (Å²) >= 11 is 0. The highest BCUT2D eigenvalue weighted by atomic mass is 19.1. The van der Waals surface area contributed by atoms with E-state index in [1.54, 1.807) is 18.5 Å². The molecule has 0 amide bonds. The molecule has 2 rings (SSSR count). The Morgan fingerprint density at radius 1 is 1.37 bits per heavy atom. The van der Waals surface area contributed by atoms with Crippen LogP contribution < -0.4 is 10.5 Å². The number of hydrogen-bond acceptors (Lipinski definition) is 3. The van der Waals surface area contributed by atoms with Crippen LogP contribution in [0.4, 0.5) is 4.39 Å². The number of aromatic nitrogens is 1. The Morgan fingerprint density at radius 3 is 2.89 bits per heavy atom. The van der Waals surface area contributed by atoms with Gasteiger partial charge in [-0.25, -0.2) is 4.39 Å². The Balaban J connectivity index is 2.00. The maximum atomic E-state index is 13.2. The van der Waals surface area contributed by atoms with Crippen molar-refractivity contribution in [2.45, 2.75) is 19.4 Å². The van der Waals surface area contributed by atoms with Crippen LogP contribution in [-0.4, -0.2) is 11.6 Å². The first-order chi connectivity index (χ1) is 9.16. The zero-order valence-electron chi connectivity index (χ0n) is 10.8. The number of nitrogens with zero attached hydrogens (tertiary/aromatic N) is 1. The lowest BCUT2D eigenvalue weighted by atomic mass is 10.1. The van der Waals surface area contributed by atoms with Gasteiger partial charge in [-0.05, 0) is 36.8 Å². The van der Waals surface area contributed by atoms with E-state index in [-0.39, 0.29) is 11.9 Å². The molecule has 19 heavy (non-hydrogen) atoms. The zero-order chi connectivity index (χ0) is 13.7. The molecule has 1 aromatic heterocycles. The molecule has 0 aliphatic heterocycles. The first-order valence-corrected chi connectivity index (χ1v) is 6.23. The smallest absolute Gasteiger partial charge is 0.124 e. The summed E-state index contributed by atoms with van der Waals surface area (Å²) < 4.78 is 18.9. The topological polar surface area (TPSA) is 48.1 Å². The highest BCUT2D eigenvalue weighted by molar-refractivity contribution is 5.36. The van der Waals surface area contributed by atoms with E-state index in [2.05, 4.69) is 4.98 Å². The quantitative estimate of drug-likeness (QED) is 0.899. The van der Waals surface area contributed by atoms with Crippen molar-refractivity contribution in [3.8, 4) is 5.75 Å². The molecule has 0 aliphatic carbocycles. The van der Waals surface area contributed by atoms with E-state index in [1.807, 2.05) is 19.1 Å². The predicted octanol–water partition coefficient (Wildman–Crippen LogP) is 2.86. The Hall–Kier alpha value is -1.94. The van der Waals surface area contributed by atoms with Crippen LogP contribution in [0.25, 0.3) is 0 Å². The van der Waals surface area contributed by atoms with Gasteiger partial charge in [0, 0.05) is 30.4 Å². The number of benzene rings is 1. The van der Waals surface area contributed by atoms with Crippen molar-refractivity contribution >= 4 is 0 Å². The molecule has 0 bridgehead atoms. The molecule has 0 spiro atoms. The lowest BCUT2D eigenvalue weighted by molar-refractivity contribution is 0.316. The third-order valence-electron chi connectivity index (χ3n) is 2.83. The minimum atomic E-state index is -0.299. The second-order valence-electron chi connectivity index (χ2n) is 4.43. The summed E-state index contributed by atoms with van der Waals surface area (Å²) in [6.45, 7) is 2.32. The Bertz CT molecular complexity index is 529. The van der Waals surface area contributed by atoms with Crippen LogP contribution in [0.5, 0.6) is 5.75 Å². The molecule has 0 aliphatic rings. The third-order valence-corrected chi connectivity index (χ3v) is 2.83. The van der Waals surface area contributed by atoms with Gasteiger partial charge in [0.1, 0.15) is 11.6 Å². The Labute approximate surface area is 112 Å². The largest absolute Gasteiger partial charge is 0.493 e. The normalized spacial score (nSPS) is 12.2. The molecule has 1 atom stereocenters. The van der Waals surface area contributed by atoms with Crippen molar-refractivity contribution in [2.24, 2.45) is 5.73 Å². The molecule has 1 heterocycles. The molecule has 100 valence electrons. The Kier molecular flexibility index (Phi) is 4.47. The van der Waals surface area contributed by atoms with Gasteiger partial charge < -0.3 is 10.5 Å². The first kappa shape index (κ1) is 13.5. The highest BCUT2D eigenvalue weighted by Crippen LogP contribution is 2.24. The fourth-order valence-electron chi connectivity index (χ4n) is 1.83. The first-order valence-electron chi connectivity index (χ1n) is 6.23. The van der Waals surface area contributed by atoms with Crippen molar-refractivity contribution < 1.29 is 9.13 Å². The van der Waals surface area contributed by atoms with E-state index in [0.717, 1.165) is 12.0 Å². The van der Waals surface area contributed by atoms with Crippen molar-refractivity contribution in [3.63, 3.8) is 0 Å². The lowest BCUT2D eigenvalue weighted by Crippen LogP contribution is -2.10. The number of ether oxygens (including phenoxy) is 1. The molecule has 2 aromatic rings. The summed E-state index contributed by atoms with van der Waals surface area (Å²) in [6.07, 6.45) is 4.29. The van der Waals surface area contributed by atoms with Crippen molar-refractivity contribution in [3.05, 3.63) is 59.7 Å². The third kappa shape index (κ3) is 3.76. The maximum Gasteiger partial charge on any atom is 0.124 e. The van der Waals surface area contributed by atoms with Crippen LogP contribution in [0.3, 0.4) is 0 Å². The molecule has 2 N–H and O–H groups in total. The average molecular weight is 260 g/mol. The standard InChI is InChI=1S/C15H17FN2O/c1-11(17)14-9-13(16)4-5-15(14)19-8-6-12-3-2-7-18-10-12/h2-5,7,9-11H,6,8,17H2,1H3. The summed E-state index contributed by atoms with van der Waals surface area (Å²) in [5.74, 6) is 0.340. The number of rotatable bonds is 5. The molecule has 4 heteroatoms. The van der Waals surface area contributed by atoms with E-state index in [4.69, 9.17) is 10.5 Å². The number of nitrogens with two attached hydrogens (primary N) is 1. The molecule has 1 aromatic carbocycles. The van der Waals surface area contributed by atoms with Gasteiger partial charge in [-0.2, -0.15) is 0 Å². The van der Waals surface area contributed by atoms with Crippen LogP contribution in [0, 0.1) is 5.82 Å². The average Bonchev–Trinajstić information content (AvgIpc) is 2.41. The summed E-state index contributed by atoms with van der Waals surface area (Å²) in [7, 11) is 0. The molecule has 0 radical (unpaired) electrons. The zero-order valence-corrected chi connectivity index (χ0v) is 10.8. The van der Waals surface area contributed by atoms with Gasteiger partial charge in [0.2, 0.25) is 0 Å². The molecule has 3 nitrogen and oxygen atoms in total.